The Labute approximate surface area is 87.4 Å². The van der Waals surface area contributed by atoms with Crippen LogP contribution >= 0.6 is 15.9 Å². The van der Waals surface area contributed by atoms with Crippen molar-refractivity contribution in [2.45, 2.75) is 31.4 Å². The highest BCUT2D eigenvalue weighted by Crippen LogP contribution is 2.27. The lowest BCUT2D eigenvalue weighted by Gasteiger charge is -2.13. The van der Waals surface area contributed by atoms with E-state index < -0.39 is 11.0 Å². The molecule has 0 radical (unpaired) electrons. The topological polar surface area (TPSA) is 30.7 Å². The van der Waals surface area contributed by atoms with Crippen LogP contribution in [-0.2, 0) is 6.54 Å². The summed E-state index contributed by atoms with van der Waals surface area (Å²) >= 11 is 2.56. The number of alkyl halides is 4. The summed E-state index contributed by atoms with van der Waals surface area (Å²) in [6, 6.07) is 0. The number of hydrogen-bond acceptors (Lipinski definition) is 2. The molecule has 0 N–H and O–H groups in total. The zero-order valence-electron chi connectivity index (χ0n) is 7.64. The Bertz CT molecular complexity index is 320. The molecule has 1 heterocycles. The smallest absolute Gasteiger partial charge is 0.249 e. The van der Waals surface area contributed by atoms with Gasteiger partial charge in [-0.25, -0.2) is 9.67 Å². The molecule has 80 valence electrons. The maximum absolute atomic E-state index is 12.2. The van der Waals surface area contributed by atoms with Crippen molar-refractivity contribution >= 4 is 15.9 Å². The van der Waals surface area contributed by atoms with E-state index >= 15 is 0 Å². The number of aryl methyl sites for hydroxylation is 2. The Balaban J connectivity index is 2.74. The van der Waals surface area contributed by atoms with E-state index in [4.69, 9.17) is 0 Å². The normalized spacial score (nSPS) is 14.4. The van der Waals surface area contributed by atoms with Crippen LogP contribution < -0.4 is 0 Å². The molecule has 0 spiro atoms. The first-order valence-electron chi connectivity index (χ1n) is 3.89. The van der Waals surface area contributed by atoms with Crippen LogP contribution in [0.2, 0.25) is 0 Å². The molecular weight excluding hydrogens is 263 g/mol. The summed E-state index contributed by atoms with van der Waals surface area (Å²) in [4.78, 5) is 2.32. The number of nitrogens with zero attached hydrogens (tertiary/aromatic N) is 3. The van der Waals surface area contributed by atoms with E-state index in [1.165, 1.54) is 4.68 Å². The van der Waals surface area contributed by atoms with Crippen LogP contribution in [0.4, 0.5) is 13.2 Å². The summed E-state index contributed by atoms with van der Waals surface area (Å²) in [7, 11) is 0. The molecular formula is C7H9BrF3N3. The van der Waals surface area contributed by atoms with Crippen molar-refractivity contribution < 1.29 is 13.2 Å². The molecule has 0 saturated carbocycles. The summed E-state index contributed by atoms with van der Waals surface area (Å²) in [5, 5.41) is 3.84. The summed E-state index contributed by atoms with van der Waals surface area (Å²) in [5.74, 6) is 0.959. The van der Waals surface area contributed by atoms with Crippen LogP contribution in [0.5, 0.6) is 0 Å². The molecule has 1 rings (SSSR count). The second kappa shape index (κ2) is 3.88. The first-order chi connectivity index (χ1) is 6.30. The Morgan fingerprint density at radius 3 is 2.36 bits per heavy atom. The van der Waals surface area contributed by atoms with Crippen molar-refractivity contribution in [2.75, 3.05) is 0 Å². The predicted molar refractivity (Wildman–Crippen MR) is 48.3 cm³/mol. The van der Waals surface area contributed by atoms with Crippen LogP contribution in [0.15, 0.2) is 0 Å². The maximum atomic E-state index is 12.2. The van der Waals surface area contributed by atoms with Gasteiger partial charge >= 0.3 is 6.18 Å². The minimum Gasteiger partial charge on any atom is -0.249 e. The zero-order valence-corrected chi connectivity index (χ0v) is 9.22. The molecule has 0 bridgehead atoms. The molecule has 0 saturated heterocycles. The van der Waals surface area contributed by atoms with Crippen molar-refractivity contribution in [3.63, 3.8) is 0 Å². The van der Waals surface area contributed by atoms with Gasteiger partial charge in [-0.3, -0.25) is 0 Å². The largest absolute Gasteiger partial charge is 0.403 e. The highest BCUT2D eigenvalue weighted by molar-refractivity contribution is 9.09. The van der Waals surface area contributed by atoms with Crippen molar-refractivity contribution in [1.82, 2.24) is 14.8 Å². The molecule has 14 heavy (non-hydrogen) atoms. The molecule has 0 aromatic carbocycles. The van der Waals surface area contributed by atoms with Gasteiger partial charge in [0.2, 0.25) is 0 Å². The molecule has 0 aliphatic heterocycles. The van der Waals surface area contributed by atoms with Gasteiger partial charge in [-0.05, 0) is 13.8 Å². The van der Waals surface area contributed by atoms with Gasteiger partial charge in [0.25, 0.3) is 0 Å². The minimum absolute atomic E-state index is 0.254. The zero-order chi connectivity index (χ0) is 10.9. The molecule has 1 atom stereocenters. The van der Waals surface area contributed by atoms with Gasteiger partial charge in [0.05, 0.1) is 6.54 Å². The first kappa shape index (κ1) is 11.5. The molecule has 1 aromatic rings. The molecule has 1 aromatic heterocycles. The SMILES string of the molecule is Cc1nc(C)n(CC(Br)C(F)(F)F)n1. The third-order valence-corrected chi connectivity index (χ3v) is 2.46. The highest BCUT2D eigenvalue weighted by atomic mass is 79.9. The molecule has 0 aliphatic carbocycles. The Hall–Kier alpha value is -0.590. The quantitative estimate of drug-likeness (QED) is 0.773. The van der Waals surface area contributed by atoms with E-state index in [0.29, 0.717) is 11.6 Å². The monoisotopic (exact) mass is 271 g/mol. The highest BCUT2D eigenvalue weighted by Gasteiger charge is 2.38. The Kier molecular flexibility index (Phi) is 3.18. The van der Waals surface area contributed by atoms with E-state index in [0.717, 1.165) is 0 Å². The van der Waals surface area contributed by atoms with Crippen molar-refractivity contribution in [3.05, 3.63) is 11.6 Å². The lowest BCUT2D eigenvalue weighted by Crippen LogP contribution is -2.28. The number of rotatable bonds is 2. The average molecular weight is 272 g/mol. The fourth-order valence-corrected chi connectivity index (χ4v) is 1.26. The maximum Gasteiger partial charge on any atom is 0.403 e. The molecule has 3 nitrogen and oxygen atoms in total. The molecule has 7 heteroatoms. The van der Waals surface area contributed by atoms with E-state index in [-0.39, 0.29) is 6.54 Å². The van der Waals surface area contributed by atoms with Crippen LogP contribution in [0.1, 0.15) is 11.6 Å². The summed E-state index contributed by atoms with van der Waals surface area (Å²) in [5.41, 5.74) is 0. The van der Waals surface area contributed by atoms with Crippen LogP contribution in [0, 0.1) is 13.8 Å². The number of hydrogen-bond donors (Lipinski definition) is 0. The molecule has 0 amide bonds. The lowest BCUT2D eigenvalue weighted by molar-refractivity contribution is -0.129. The van der Waals surface area contributed by atoms with E-state index in [9.17, 15) is 13.2 Å². The Morgan fingerprint density at radius 2 is 2.00 bits per heavy atom. The van der Waals surface area contributed by atoms with E-state index in [1.54, 1.807) is 13.8 Å². The lowest BCUT2D eigenvalue weighted by atomic mass is 10.4. The van der Waals surface area contributed by atoms with Crippen LogP contribution in [-0.4, -0.2) is 25.8 Å². The fourth-order valence-electron chi connectivity index (χ4n) is 0.990. The average Bonchev–Trinajstić information content (AvgIpc) is 2.28. The van der Waals surface area contributed by atoms with Gasteiger partial charge < -0.3 is 0 Å². The first-order valence-corrected chi connectivity index (χ1v) is 4.81. The molecule has 1 unspecified atom stereocenters. The number of halogens is 4. The summed E-state index contributed by atoms with van der Waals surface area (Å²) in [6.07, 6.45) is -4.26. The van der Waals surface area contributed by atoms with Gasteiger partial charge in [-0.15, -0.1) is 0 Å². The number of aromatic nitrogens is 3. The van der Waals surface area contributed by atoms with Crippen LogP contribution in [0.3, 0.4) is 0 Å². The standard InChI is InChI=1S/C7H9BrF3N3/c1-4-12-5(2)14(13-4)3-6(8)7(9,10)11/h6H,3H2,1-2H3. The van der Waals surface area contributed by atoms with Gasteiger partial charge in [0.1, 0.15) is 16.5 Å². The van der Waals surface area contributed by atoms with Gasteiger partial charge in [-0.2, -0.15) is 18.3 Å². The Morgan fingerprint density at radius 1 is 1.43 bits per heavy atom. The van der Waals surface area contributed by atoms with Crippen LogP contribution in [0.25, 0.3) is 0 Å². The molecule has 0 aliphatic rings. The summed E-state index contributed by atoms with van der Waals surface area (Å²) < 4.78 is 37.7. The van der Waals surface area contributed by atoms with Crippen molar-refractivity contribution in [1.29, 1.82) is 0 Å². The van der Waals surface area contributed by atoms with Gasteiger partial charge in [0, 0.05) is 0 Å². The van der Waals surface area contributed by atoms with E-state index in [1.807, 2.05) is 0 Å². The van der Waals surface area contributed by atoms with Crippen molar-refractivity contribution in [3.8, 4) is 0 Å². The minimum atomic E-state index is -4.26. The van der Waals surface area contributed by atoms with E-state index in [2.05, 4.69) is 26.0 Å². The second-order valence-corrected chi connectivity index (χ2v) is 4.00. The molecule has 0 fully saturated rings. The van der Waals surface area contributed by atoms with Gasteiger partial charge in [-0.1, -0.05) is 15.9 Å². The third-order valence-electron chi connectivity index (χ3n) is 1.65. The fraction of sp³-hybridized carbons (Fsp3) is 0.714. The second-order valence-electron chi connectivity index (χ2n) is 2.90. The van der Waals surface area contributed by atoms with Gasteiger partial charge in [0.15, 0.2) is 0 Å². The summed E-state index contributed by atoms with van der Waals surface area (Å²) in [6.45, 7) is 3.01. The third kappa shape index (κ3) is 2.70. The van der Waals surface area contributed by atoms with Crippen molar-refractivity contribution in [2.24, 2.45) is 0 Å². The predicted octanol–water partition coefficient (Wildman–Crippen LogP) is 2.22.